The van der Waals surface area contributed by atoms with Crippen LogP contribution in [0.1, 0.15) is 26.7 Å². The van der Waals surface area contributed by atoms with Crippen molar-refractivity contribution in [2.24, 2.45) is 11.8 Å². The normalized spacial score (nSPS) is 34.4. The van der Waals surface area contributed by atoms with E-state index in [0.717, 1.165) is 18.4 Å². The Kier molecular flexibility index (Phi) is 4.02. The van der Waals surface area contributed by atoms with Gasteiger partial charge in [0.2, 0.25) is 0 Å². The summed E-state index contributed by atoms with van der Waals surface area (Å²) >= 11 is 0. The summed E-state index contributed by atoms with van der Waals surface area (Å²) < 4.78 is 11.4. The van der Waals surface area contributed by atoms with E-state index < -0.39 is 0 Å². The molecule has 0 radical (unpaired) electrons. The summed E-state index contributed by atoms with van der Waals surface area (Å²) in [5.41, 5.74) is 2.31. The number of fused-ring (bicyclic) bond motifs is 1. The molecule has 2 aliphatic rings. The van der Waals surface area contributed by atoms with Crippen molar-refractivity contribution in [2.75, 3.05) is 13.2 Å². The van der Waals surface area contributed by atoms with E-state index in [-0.39, 0.29) is 24.9 Å². The summed E-state index contributed by atoms with van der Waals surface area (Å²) in [6.45, 7) is 8.98. The highest BCUT2D eigenvalue weighted by Crippen LogP contribution is 2.40. The second-order valence-corrected chi connectivity index (χ2v) is 4.97. The van der Waals surface area contributed by atoms with Gasteiger partial charge < -0.3 is 14.6 Å². The first-order valence-corrected chi connectivity index (χ1v) is 6.43. The van der Waals surface area contributed by atoms with Gasteiger partial charge >= 0.3 is 0 Å². The first kappa shape index (κ1) is 12.8. The molecule has 0 aromatic heterocycles. The van der Waals surface area contributed by atoms with Gasteiger partial charge in [0.05, 0.1) is 6.10 Å². The number of aliphatic hydroxyl groups excluding tert-OH is 1. The van der Waals surface area contributed by atoms with E-state index in [1.165, 1.54) is 5.57 Å². The zero-order valence-electron chi connectivity index (χ0n) is 10.7. The fraction of sp³-hybridized carbons (Fsp3) is 0.714. The van der Waals surface area contributed by atoms with Crippen LogP contribution in [0.2, 0.25) is 0 Å². The zero-order chi connectivity index (χ0) is 12.4. The molecule has 2 rings (SSSR count). The van der Waals surface area contributed by atoms with Gasteiger partial charge in [0.25, 0.3) is 0 Å². The number of aliphatic hydroxyl groups is 1. The maximum atomic E-state index is 9.24. The standard InChI is InChI=1S/C14H22O3/c1-4-16-14-7-11-6-12(10(3)8-15)9(2)5-13(11)17-14/h6,10-11,13-15H,2,4-5,7-8H2,1,3H3/t10-,11+,13+,14+/m0/s1. The molecule has 17 heavy (non-hydrogen) atoms. The third-order valence-electron chi connectivity index (χ3n) is 3.68. The lowest BCUT2D eigenvalue weighted by Crippen LogP contribution is -2.23. The highest BCUT2D eigenvalue weighted by Gasteiger charge is 2.38. The molecule has 0 bridgehead atoms. The van der Waals surface area contributed by atoms with Crippen molar-refractivity contribution in [3.8, 4) is 0 Å². The highest BCUT2D eigenvalue weighted by molar-refractivity contribution is 5.35. The van der Waals surface area contributed by atoms with Gasteiger partial charge in [-0.2, -0.15) is 0 Å². The molecule has 96 valence electrons. The van der Waals surface area contributed by atoms with Crippen LogP contribution in [0, 0.1) is 11.8 Å². The summed E-state index contributed by atoms with van der Waals surface area (Å²) in [6, 6.07) is 0. The average molecular weight is 238 g/mol. The Morgan fingerprint density at radius 3 is 3.06 bits per heavy atom. The number of rotatable bonds is 4. The van der Waals surface area contributed by atoms with Crippen molar-refractivity contribution in [1.29, 1.82) is 0 Å². The molecule has 1 heterocycles. The van der Waals surface area contributed by atoms with Crippen molar-refractivity contribution < 1.29 is 14.6 Å². The quantitative estimate of drug-likeness (QED) is 0.816. The van der Waals surface area contributed by atoms with Crippen molar-refractivity contribution in [3.63, 3.8) is 0 Å². The zero-order valence-corrected chi connectivity index (χ0v) is 10.7. The Labute approximate surface area is 103 Å². The molecule has 1 saturated heterocycles. The molecule has 0 unspecified atom stereocenters. The van der Waals surface area contributed by atoms with Crippen LogP contribution in [-0.4, -0.2) is 30.7 Å². The molecule has 1 aliphatic carbocycles. The Morgan fingerprint density at radius 2 is 2.41 bits per heavy atom. The molecule has 4 atom stereocenters. The third kappa shape index (κ3) is 2.62. The summed E-state index contributed by atoms with van der Waals surface area (Å²) in [4.78, 5) is 0. The smallest absolute Gasteiger partial charge is 0.158 e. The molecular formula is C14H22O3. The minimum absolute atomic E-state index is 0.0668. The van der Waals surface area contributed by atoms with Crippen molar-refractivity contribution >= 4 is 0 Å². The van der Waals surface area contributed by atoms with Crippen LogP contribution >= 0.6 is 0 Å². The Balaban J connectivity index is 2.08. The van der Waals surface area contributed by atoms with Crippen LogP contribution in [-0.2, 0) is 9.47 Å². The number of ether oxygens (including phenoxy) is 2. The maximum Gasteiger partial charge on any atom is 0.158 e. The van der Waals surface area contributed by atoms with E-state index >= 15 is 0 Å². The van der Waals surface area contributed by atoms with Gasteiger partial charge in [-0.1, -0.05) is 19.6 Å². The molecule has 1 aliphatic heterocycles. The van der Waals surface area contributed by atoms with Crippen molar-refractivity contribution in [3.05, 3.63) is 23.8 Å². The fourth-order valence-electron chi connectivity index (χ4n) is 2.71. The third-order valence-corrected chi connectivity index (χ3v) is 3.68. The minimum atomic E-state index is -0.0668. The Hall–Kier alpha value is -0.640. The number of hydrogen-bond donors (Lipinski definition) is 1. The van der Waals surface area contributed by atoms with Crippen molar-refractivity contribution in [2.45, 2.75) is 39.1 Å². The van der Waals surface area contributed by atoms with Crippen LogP contribution in [0.25, 0.3) is 0 Å². The van der Waals surface area contributed by atoms with Crippen LogP contribution in [0.15, 0.2) is 23.8 Å². The Bertz CT molecular complexity index is 321. The second-order valence-electron chi connectivity index (χ2n) is 4.97. The molecule has 1 fully saturated rings. The topological polar surface area (TPSA) is 38.7 Å². The minimum Gasteiger partial charge on any atom is -0.396 e. The molecule has 0 spiro atoms. The predicted octanol–water partition coefficient (Wildman–Crippen LogP) is 2.27. The van der Waals surface area contributed by atoms with E-state index in [9.17, 15) is 5.11 Å². The summed E-state index contributed by atoms with van der Waals surface area (Å²) in [6.07, 6.45) is 4.17. The van der Waals surface area contributed by atoms with Crippen LogP contribution in [0.5, 0.6) is 0 Å². The van der Waals surface area contributed by atoms with Gasteiger partial charge in [-0.05, 0) is 24.5 Å². The van der Waals surface area contributed by atoms with Gasteiger partial charge in [0, 0.05) is 31.5 Å². The largest absolute Gasteiger partial charge is 0.396 e. The van der Waals surface area contributed by atoms with Crippen molar-refractivity contribution in [1.82, 2.24) is 0 Å². The van der Waals surface area contributed by atoms with E-state index in [2.05, 4.69) is 12.7 Å². The van der Waals surface area contributed by atoms with E-state index in [1.54, 1.807) is 0 Å². The molecule has 0 aromatic carbocycles. The highest BCUT2D eigenvalue weighted by atomic mass is 16.7. The van der Waals surface area contributed by atoms with Crippen LogP contribution in [0.3, 0.4) is 0 Å². The lowest BCUT2D eigenvalue weighted by Gasteiger charge is -2.27. The second kappa shape index (κ2) is 5.34. The fourth-order valence-corrected chi connectivity index (χ4v) is 2.71. The molecule has 0 amide bonds. The van der Waals surface area contributed by atoms with E-state index in [1.807, 2.05) is 13.8 Å². The molecule has 0 aromatic rings. The van der Waals surface area contributed by atoms with Gasteiger partial charge in [0.15, 0.2) is 6.29 Å². The summed E-state index contributed by atoms with van der Waals surface area (Å²) in [7, 11) is 0. The lowest BCUT2D eigenvalue weighted by molar-refractivity contribution is -0.130. The van der Waals surface area contributed by atoms with E-state index in [4.69, 9.17) is 9.47 Å². The van der Waals surface area contributed by atoms with E-state index in [0.29, 0.717) is 12.5 Å². The van der Waals surface area contributed by atoms with Gasteiger partial charge in [-0.25, -0.2) is 0 Å². The average Bonchev–Trinajstić information content (AvgIpc) is 2.69. The maximum absolute atomic E-state index is 9.24. The molecule has 0 saturated carbocycles. The summed E-state index contributed by atoms with van der Waals surface area (Å²) in [5, 5.41) is 9.24. The first-order valence-electron chi connectivity index (χ1n) is 6.43. The van der Waals surface area contributed by atoms with Gasteiger partial charge in [-0.15, -0.1) is 0 Å². The summed E-state index contributed by atoms with van der Waals surface area (Å²) in [5.74, 6) is 0.593. The Morgan fingerprint density at radius 1 is 1.65 bits per heavy atom. The number of hydrogen-bond acceptors (Lipinski definition) is 3. The molecule has 3 nitrogen and oxygen atoms in total. The van der Waals surface area contributed by atoms with Gasteiger partial charge in [0.1, 0.15) is 0 Å². The van der Waals surface area contributed by atoms with Crippen LogP contribution in [0.4, 0.5) is 0 Å². The first-order chi connectivity index (χ1) is 8.15. The van der Waals surface area contributed by atoms with Crippen LogP contribution < -0.4 is 0 Å². The lowest BCUT2D eigenvalue weighted by atomic mass is 9.80. The van der Waals surface area contributed by atoms with Gasteiger partial charge in [-0.3, -0.25) is 0 Å². The molecule has 3 heteroatoms. The SMILES string of the molecule is C=C1C[C@H]2O[C@@H](OCC)C[C@H]2C=C1[C@@H](C)CO. The molecule has 1 N–H and O–H groups in total. The molecular weight excluding hydrogens is 216 g/mol. The predicted molar refractivity (Wildman–Crippen MR) is 66.5 cm³/mol. The monoisotopic (exact) mass is 238 g/mol.